The van der Waals surface area contributed by atoms with Crippen LogP contribution in [0, 0.1) is 11.3 Å². The first-order valence-corrected chi connectivity index (χ1v) is 6.10. The predicted molar refractivity (Wildman–Crippen MR) is 75.3 cm³/mol. The molecular formula is C14H13N5O. The minimum atomic E-state index is -0.274. The van der Waals surface area contributed by atoms with Gasteiger partial charge in [-0.3, -0.25) is 4.79 Å². The van der Waals surface area contributed by atoms with E-state index in [4.69, 9.17) is 5.26 Å². The van der Waals surface area contributed by atoms with Crippen LogP contribution in [0.4, 0.5) is 11.4 Å². The number of rotatable bonds is 4. The van der Waals surface area contributed by atoms with Crippen molar-refractivity contribution in [3.8, 4) is 6.07 Å². The number of carbonyl (C=O) groups excluding carboxylic acids is 1. The van der Waals surface area contributed by atoms with Gasteiger partial charge in [-0.25, -0.2) is 0 Å². The first-order chi connectivity index (χ1) is 9.74. The molecule has 0 fully saturated rings. The van der Waals surface area contributed by atoms with E-state index in [1.807, 2.05) is 6.92 Å². The minimum Gasteiger partial charge on any atom is -0.384 e. The molecule has 1 aromatic heterocycles. The SMILES string of the molecule is CCNc1cc(C#N)ccc1NC(=O)c1ccnnc1. The summed E-state index contributed by atoms with van der Waals surface area (Å²) in [6.45, 7) is 2.63. The van der Waals surface area contributed by atoms with Crippen LogP contribution in [0.2, 0.25) is 0 Å². The smallest absolute Gasteiger partial charge is 0.257 e. The van der Waals surface area contributed by atoms with E-state index in [9.17, 15) is 4.79 Å². The Morgan fingerprint density at radius 2 is 2.15 bits per heavy atom. The summed E-state index contributed by atoms with van der Waals surface area (Å²) in [7, 11) is 0. The quantitative estimate of drug-likeness (QED) is 0.884. The van der Waals surface area contributed by atoms with Crippen LogP contribution in [0.3, 0.4) is 0 Å². The van der Waals surface area contributed by atoms with Crippen LogP contribution in [0.15, 0.2) is 36.7 Å². The molecule has 0 spiro atoms. The lowest BCUT2D eigenvalue weighted by Gasteiger charge is -2.12. The largest absolute Gasteiger partial charge is 0.384 e. The molecule has 0 saturated carbocycles. The fourth-order valence-electron chi connectivity index (χ4n) is 1.68. The van der Waals surface area contributed by atoms with E-state index in [-0.39, 0.29) is 5.91 Å². The minimum absolute atomic E-state index is 0.274. The molecule has 6 nitrogen and oxygen atoms in total. The van der Waals surface area contributed by atoms with Crippen LogP contribution in [0.5, 0.6) is 0 Å². The number of nitriles is 1. The third-order valence-corrected chi connectivity index (χ3v) is 2.61. The standard InChI is InChI=1S/C14H13N5O/c1-2-16-13-7-10(8-15)3-4-12(13)19-14(20)11-5-6-17-18-9-11/h3-7,9,16H,2H2,1H3,(H,19,20). The molecule has 0 atom stereocenters. The summed E-state index contributed by atoms with van der Waals surface area (Å²) in [5.41, 5.74) is 2.28. The van der Waals surface area contributed by atoms with Crippen molar-refractivity contribution in [1.82, 2.24) is 10.2 Å². The lowest BCUT2D eigenvalue weighted by Crippen LogP contribution is -2.14. The molecule has 0 aliphatic carbocycles. The summed E-state index contributed by atoms with van der Waals surface area (Å²) in [5.74, 6) is -0.274. The van der Waals surface area contributed by atoms with Gasteiger partial charge >= 0.3 is 0 Å². The van der Waals surface area contributed by atoms with E-state index >= 15 is 0 Å². The first-order valence-electron chi connectivity index (χ1n) is 6.10. The van der Waals surface area contributed by atoms with Crippen molar-refractivity contribution in [1.29, 1.82) is 5.26 Å². The molecule has 0 bridgehead atoms. The van der Waals surface area contributed by atoms with E-state index in [0.717, 1.165) is 0 Å². The van der Waals surface area contributed by atoms with E-state index in [2.05, 4.69) is 26.9 Å². The lowest BCUT2D eigenvalue weighted by atomic mass is 10.1. The number of amides is 1. The van der Waals surface area contributed by atoms with Crippen molar-refractivity contribution < 1.29 is 4.79 Å². The number of nitrogens with zero attached hydrogens (tertiary/aromatic N) is 3. The monoisotopic (exact) mass is 267 g/mol. The van der Waals surface area contributed by atoms with Crippen molar-refractivity contribution in [3.05, 3.63) is 47.8 Å². The Labute approximate surface area is 116 Å². The third kappa shape index (κ3) is 3.09. The van der Waals surface area contributed by atoms with Gasteiger partial charge in [0.15, 0.2) is 0 Å². The number of aromatic nitrogens is 2. The van der Waals surface area contributed by atoms with Gasteiger partial charge < -0.3 is 10.6 Å². The van der Waals surface area contributed by atoms with Gasteiger partial charge in [-0.2, -0.15) is 15.5 Å². The van der Waals surface area contributed by atoms with Gasteiger partial charge in [-0.1, -0.05) is 0 Å². The van der Waals surface area contributed by atoms with Crippen LogP contribution < -0.4 is 10.6 Å². The Morgan fingerprint density at radius 1 is 1.30 bits per heavy atom. The molecule has 0 aliphatic heterocycles. The molecule has 6 heteroatoms. The highest BCUT2D eigenvalue weighted by atomic mass is 16.1. The fraction of sp³-hybridized carbons (Fsp3) is 0.143. The lowest BCUT2D eigenvalue weighted by molar-refractivity contribution is 0.102. The molecule has 2 aromatic rings. The number of hydrogen-bond acceptors (Lipinski definition) is 5. The van der Waals surface area contributed by atoms with Gasteiger partial charge in [0.25, 0.3) is 5.91 Å². The summed E-state index contributed by atoms with van der Waals surface area (Å²) in [5, 5.41) is 22.1. The molecule has 0 radical (unpaired) electrons. The van der Waals surface area contributed by atoms with E-state index in [1.165, 1.54) is 12.4 Å². The summed E-state index contributed by atoms with van der Waals surface area (Å²) >= 11 is 0. The molecule has 1 amide bonds. The molecule has 100 valence electrons. The maximum Gasteiger partial charge on any atom is 0.257 e. The maximum atomic E-state index is 12.1. The summed E-state index contributed by atoms with van der Waals surface area (Å²) in [4.78, 5) is 12.1. The van der Waals surface area contributed by atoms with Crippen molar-refractivity contribution in [3.63, 3.8) is 0 Å². The van der Waals surface area contributed by atoms with Crippen LogP contribution in [0.25, 0.3) is 0 Å². The Kier molecular flexibility index (Phi) is 4.24. The molecule has 1 aromatic carbocycles. The van der Waals surface area contributed by atoms with Gasteiger partial charge in [0.2, 0.25) is 0 Å². The average Bonchev–Trinajstić information content (AvgIpc) is 2.50. The third-order valence-electron chi connectivity index (χ3n) is 2.61. The molecule has 0 aliphatic rings. The summed E-state index contributed by atoms with van der Waals surface area (Å²) in [6.07, 6.45) is 2.85. The van der Waals surface area contributed by atoms with Crippen molar-refractivity contribution in [2.24, 2.45) is 0 Å². The van der Waals surface area contributed by atoms with Crippen LogP contribution in [-0.4, -0.2) is 22.6 Å². The highest BCUT2D eigenvalue weighted by Crippen LogP contribution is 2.23. The highest BCUT2D eigenvalue weighted by molar-refractivity contribution is 6.05. The molecule has 0 unspecified atom stereocenters. The molecule has 0 saturated heterocycles. The summed E-state index contributed by atoms with van der Waals surface area (Å²) in [6, 6.07) is 8.70. The second-order valence-corrected chi connectivity index (χ2v) is 3.99. The Bertz CT molecular complexity index is 648. The van der Waals surface area contributed by atoms with Crippen molar-refractivity contribution in [2.45, 2.75) is 6.92 Å². The molecular weight excluding hydrogens is 254 g/mol. The van der Waals surface area contributed by atoms with Crippen LogP contribution >= 0.6 is 0 Å². The van der Waals surface area contributed by atoms with Crippen molar-refractivity contribution in [2.75, 3.05) is 17.2 Å². The van der Waals surface area contributed by atoms with Gasteiger partial charge in [0.05, 0.1) is 41.0 Å². The average molecular weight is 267 g/mol. The highest BCUT2D eigenvalue weighted by Gasteiger charge is 2.09. The molecule has 2 N–H and O–H groups in total. The van der Waals surface area contributed by atoms with Gasteiger partial charge in [0.1, 0.15) is 0 Å². The number of carbonyl (C=O) groups is 1. The maximum absolute atomic E-state index is 12.1. The van der Waals surface area contributed by atoms with Crippen LogP contribution in [-0.2, 0) is 0 Å². The second-order valence-electron chi connectivity index (χ2n) is 3.99. The topological polar surface area (TPSA) is 90.7 Å². The van der Waals surface area contributed by atoms with Crippen LogP contribution in [0.1, 0.15) is 22.8 Å². The fourth-order valence-corrected chi connectivity index (χ4v) is 1.68. The molecule has 2 rings (SSSR count). The number of hydrogen-bond donors (Lipinski definition) is 2. The normalized spacial score (nSPS) is 9.60. The first kappa shape index (κ1) is 13.5. The van der Waals surface area contributed by atoms with Gasteiger partial charge in [-0.05, 0) is 31.2 Å². The van der Waals surface area contributed by atoms with E-state index < -0.39 is 0 Å². The zero-order chi connectivity index (χ0) is 14.4. The Hall–Kier alpha value is -2.94. The van der Waals surface area contributed by atoms with E-state index in [0.29, 0.717) is 29.0 Å². The zero-order valence-electron chi connectivity index (χ0n) is 10.9. The molecule has 20 heavy (non-hydrogen) atoms. The van der Waals surface area contributed by atoms with Gasteiger partial charge in [-0.15, -0.1) is 0 Å². The van der Waals surface area contributed by atoms with E-state index in [1.54, 1.807) is 24.3 Å². The Balaban J connectivity index is 2.25. The number of anilines is 2. The predicted octanol–water partition coefficient (Wildman–Crippen LogP) is 2.03. The van der Waals surface area contributed by atoms with Gasteiger partial charge in [0, 0.05) is 6.54 Å². The second kappa shape index (κ2) is 6.29. The number of nitrogens with one attached hydrogen (secondary N) is 2. The summed E-state index contributed by atoms with van der Waals surface area (Å²) < 4.78 is 0. The zero-order valence-corrected chi connectivity index (χ0v) is 10.9. The number of benzene rings is 1. The molecule has 1 heterocycles. The Morgan fingerprint density at radius 3 is 2.80 bits per heavy atom. The van der Waals surface area contributed by atoms with Crippen molar-refractivity contribution >= 4 is 17.3 Å².